The fourth-order valence-corrected chi connectivity index (χ4v) is 2.80. The van der Waals surface area contributed by atoms with E-state index in [0.717, 1.165) is 41.2 Å². The zero-order chi connectivity index (χ0) is 16.2. The van der Waals surface area contributed by atoms with Gasteiger partial charge in [0.05, 0.1) is 0 Å². The van der Waals surface area contributed by atoms with Gasteiger partial charge in [-0.2, -0.15) is 0 Å². The van der Waals surface area contributed by atoms with Crippen LogP contribution in [0.3, 0.4) is 0 Å². The van der Waals surface area contributed by atoms with Crippen molar-refractivity contribution in [2.75, 3.05) is 27.4 Å². The van der Waals surface area contributed by atoms with Crippen molar-refractivity contribution < 1.29 is 9.47 Å². The number of hydrogen-bond donors (Lipinski definition) is 0. The third-order valence-electron chi connectivity index (χ3n) is 3.76. The molecule has 0 saturated heterocycles. The summed E-state index contributed by atoms with van der Waals surface area (Å²) in [7, 11) is 4.15. The van der Waals surface area contributed by atoms with Crippen LogP contribution in [0, 0.1) is 0 Å². The van der Waals surface area contributed by atoms with Crippen LogP contribution in [0.1, 0.15) is 17.5 Å². The minimum absolute atomic E-state index is 0.176. The molecule has 0 atom stereocenters. The highest BCUT2D eigenvalue weighted by Crippen LogP contribution is 2.38. The Morgan fingerprint density at radius 2 is 1.78 bits per heavy atom. The van der Waals surface area contributed by atoms with E-state index in [1.165, 1.54) is 0 Å². The summed E-state index contributed by atoms with van der Waals surface area (Å²) in [5.41, 5.74) is 3.25. The highest BCUT2D eigenvalue weighted by atomic mass is 35.5. The zero-order valence-corrected chi connectivity index (χ0v) is 14.1. The highest BCUT2D eigenvalue weighted by Gasteiger charge is 2.18. The lowest BCUT2D eigenvalue weighted by molar-refractivity contribution is 0.118. The quantitative estimate of drug-likeness (QED) is 0.830. The van der Waals surface area contributed by atoms with Crippen LogP contribution in [0.15, 0.2) is 48.5 Å². The molecule has 1 heterocycles. The first-order valence-corrected chi connectivity index (χ1v) is 8.03. The fourth-order valence-electron chi connectivity index (χ4n) is 2.64. The van der Waals surface area contributed by atoms with Gasteiger partial charge in [-0.15, -0.1) is 0 Å². The lowest BCUT2D eigenvalue weighted by Gasteiger charge is -2.21. The van der Waals surface area contributed by atoms with E-state index in [4.69, 9.17) is 21.1 Å². The van der Waals surface area contributed by atoms with Gasteiger partial charge in [-0.3, -0.25) is 0 Å². The van der Waals surface area contributed by atoms with Gasteiger partial charge in [-0.1, -0.05) is 35.9 Å². The Bertz CT molecular complexity index is 725. The molecule has 2 aromatic carbocycles. The Labute approximate surface area is 142 Å². The number of para-hydroxylation sites is 1. The largest absolute Gasteiger partial charge is 0.457 e. The van der Waals surface area contributed by atoms with Gasteiger partial charge in [0, 0.05) is 22.7 Å². The van der Waals surface area contributed by atoms with Crippen molar-refractivity contribution in [2.45, 2.75) is 6.42 Å². The van der Waals surface area contributed by atoms with Crippen molar-refractivity contribution in [2.24, 2.45) is 0 Å². The van der Waals surface area contributed by atoms with Crippen LogP contribution >= 0.6 is 11.6 Å². The number of rotatable bonds is 3. The monoisotopic (exact) mass is 329 g/mol. The van der Waals surface area contributed by atoms with Gasteiger partial charge in [0.2, 0.25) is 6.79 Å². The van der Waals surface area contributed by atoms with Crippen molar-refractivity contribution in [3.63, 3.8) is 0 Å². The maximum absolute atomic E-state index is 6.12. The van der Waals surface area contributed by atoms with Gasteiger partial charge >= 0.3 is 0 Å². The number of hydrogen-bond acceptors (Lipinski definition) is 3. The second-order valence-corrected chi connectivity index (χ2v) is 6.19. The SMILES string of the molecule is CN(C)CCC=C1c2ccccc2OCOc2cc(Cl)ccc21. The molecule has 0 aromatic heterocycles. The predicted octanol–water partition coefficient (Wildman–Crippen LogP) is 4.45. The molecule has 0 fully saturated rings. The Balaban J connectivity index is 2.10. The third kappa shape index (κ3) is 3.69. The molecule has 0 unspecified atom stereocenters. The van der Waals surface area contributed by atoms with E-state index in [-0.39, 0.29) is 6.79 Å². The van der Waals surface area contributed by atoms with Crippen LogP contribution in [-0.2, 0) is 0 Å². The van der Waals surface area contributed by atoms with Crippen molar-refractivity contribution >= 4 is 17.2 Å². The molecule has 0 aliphatic carbocycles. The standard InChI is InChI=1S/C19H20ClNO2/c1-21(2)11-5-7-15-16-6-3-4-8-18(16)22-13-23-19-12-14(20)9-10-17(15)19/h3-4,6-10,12H,5,11,13H2,1-2H3. The van der Waals surface area contributed by atoms with Crippen molar-refractivity contribution in [3.05, 3.63) is 64.7 Å². The molecular formula is C19H20ClNO2. The lowest BCUT2D eigenvalue weighted by atomic mass is 9.95. The Morgan fingerprint density at radius 1 is 1.04 bits per heavy atom. The smallest absolute Gasteiger partial charge is 0.230 e. The van der Waals surface area contributed by atoms with E-state index in [0.29, 0.717) is 5.02 Å². The van der Waals surface area contributed by atoms with Crippen LogP contribution in [0.2, 0.25) is 5.02 Å². The molecule has 4 heteroatoms. The van der Waals surface area contributed by atoms with E-state index in [2.05, 4.69) is 31.1 Å². The van der Waals surface area contributed by atoms with Crippen molar-refractivity contribution in [1.29, 1.82) is 0 Å². The third-order valence-corrected chi connectivity index (χ3v) is 4.00. The summed E-state index contributed by atoms with van der Waals surface area (Å²) < 4.78 is 11.5. The van der Waals surface area contributed by atoms with Gasteiger partial charge in [-0.25, -0.2) is 0 Å². The molecule has 0 saturated carbocycles. The van der Waals surface area contributed by atoms with Crippen LogP contribution in [-0.4, -0.2) is 32.3 Å². The normalized spacial score (nSPS) is 15.2. The molecule has 0 spiro atoms. The minimum atomic E-state index is 0.176. The van der Waals surface area contributed by atoms with Gasteiger partial charge in [0.15, 0.2) is 0 Å². The summed E-state index contributed by atoms with van der Waals surface area (Å²) in [5.74, 6) is 1.59. The van der Waals surface area contributed by atoms with Crippen LogP contribution in [0.4, 0.5) is 0 Å². The van der Waals surface area contributed by atoms with Gasteiger partial charge in [0.25, 0.3) is 0 Å². The van der Waals surface area contributed by atoms with E-state index < -0.39 is 0 Å². The second-order valence-electron chi connectivity index (χ2n) is 5.75. The first kappa shape index (κ1) is 15.9. The summed E-state index contributed by atoms with van der Waals surface area (Å²) >= 11 is 6.12. The average molecular weight is 330 g/mol. The first-order valence-electron chi connectivity index (χ1n) is 7.65. The molecule has 3 rings (SSSR count). The molecule has 0 bridgehead atoms. The molecule has 0 radical (unpaired) electrons. The van der Waals surface area contributed by atoms with E-state index in [1.54, 1.807) is 0 Å². The summed E-state index contributed by atoms with van der Waals surface area (Å²) in [6.45, 7) is 1.16. The molecule has 1 aliphatic heterocycles. The first-order chi connectivity index (χ1) is 11.1. The second kappa shape index (κ2) is 7.07. The van der Waals surface area contributed by atoms with Gasteiger partial charge < -0.3 is 14.4 Å². The van der Waals surface area contributed by atoms with Gasteiger partial charge in [-0.05, 0) is 50.4 Å². The summed E-state index contributed by atoms with van der Waals surface area (Å²) in [4.78, 5) is 2.17. The average Bonchev–Trinajstić information content (AvgIpc) is 2.51. The number of fused-ring (bicyclic) bond motifs is 2. The molecule has 3 nitrogen and oxygen atoms in total. The maximum Gasteiger partial charge on any atom is 0.230 e. The molecule has 2 aromatic rings. The lowest BCUT2D eigenvalue weighted by Crippen LogP contribution is -2.13. The molecule has 23 heavy (non-hydrogen) atoms. The fraction of sp³-hybridized carbons (Fsp3) is 0.263. The van der Waals surface area contributed by atoms with Crippen molar-refractivity contribution in [1.82, 2.24) is 4.90 Å². The Morgan fingerprint density at radius 3 is 2.61 bits per heavy atom. The maximum atomic E-state index is 6.12. The molecule has 0 amide bonds. The van der Waals surface area contributed by atoms with Gasteiger partial charge in [0.1, 0.15) is 11.5 Å². The highest BCUT2D eigenvalue weighted by molar-refractivity contribution is 6.30. The molecule has 120 valence electrons. The topological polar surface area (TPSA) is 21.7 Å². The number of nitrogens with zero attached hydrogens (tertiary/aromatic N) is 1. The summed E-state index contributed by atoms with van der Waals surface area (Å²) in [6, 6.07) is 13.8. The Hall–Kier alpha value is -1.97. The summed E-state index contributed by atoms with van der Waals surface area (Å²) in [6.07, 6.45) is 3.18. The summed E-state index contributed by atoms with van der Waals surface area (Å²) in [5, 5.41) is 0.658. The Kier molecular flexibility index (Phi) is 4.89. The van der Waals surface area contributed by atoms with Crippen LogP contribution < -0.4 is 9.47 Å². The zero-order valence-electron chi connectivity index (χ0n) is 13.4. The van der Waals surface area contributed by atoms with E-state index >= 15 is 0 Å². The predicted molar refractivity (Wildman–Crippen MR) is 94.3 cm³/mol. The van der Waals surface area contributed by atoms with E-state index in [9.17, 15) is 0 Å². The van der Waals surface area contributed by atoms with Crippen LogP contribution in [0.5, 0.6) is 11.5 Å². The number of halogens is 1. The van der Waals surface area contributed by atoms with Crippen LogP contribution in [0.25, 0.3) is 5.57 Å². The van der Waals surface area contributed by atoms with Crippen molar-refractivity contribution in [3.8, 4) is 11.5 Å². The van der Waals surface area contributed by atoms with E-state index in [1.807, 2.05) is 36.4 Å². The molecule has 0 N–H and O–H groups in total. The number of ether oxygens (including phenoxy) is 2. The molecular weight excluding hydrogens is 310 g/mol. The minimum Gasteiger partial charge on any atom is -0.457 e. The molecule has 1 aliphatic rings. The number of benzene rings is 2.